The van der Waals surface area contributed by atoms with E-state index in [0.717, 1.165) is 13.0 Å². The molecule has 2 aliphatic carbocycles. The molecule has 1 N–H and O–H groups in total. The van der Waals surface area contributed by atoms with Crippen LogP contribution >= 0.6 is 11.9 Å². The Bertz CT molecular complexity index is 263. The lowest BCUT2D eigenvalue weighted by atomic mass is 9.81. The molecule has 0 aliphatic heterocycles. The molecule has 0 radical (unpaired) electrons. The lowest BCUT2D eigenvalue weighted by Gasteiger charge is -2.29. The van der Waals surface area contributed by atoms with Gasteiger partial charge in [-0.1, -0.05) is 44.1 Å². The zero-order valence-electron chi connectivity index (χ0n) is 11.3. The molecule has 18 heavy (non-hydrogen) atoms. The molecule has 1 amide bonds. The first-order chi connectivity index (χ1) is 8.79. The molecule has 2 aliphatic rings. The van der Waals surface area contributed by atoms with Gasteiger partial charge in [-0.25, -0.2) is 0 Å². The average molecular weight is 271 g/mol. The second-order valence-electron chi connectivity index (χ2n) is 5.68. The van der Waals surface area contributed by atoms with Crippen LogP contribution in [0.1, 0.15) is 51.4 Å². The summed E-state index contributed by atoms with van der Waals surface area (Å²) in [6.07, 6.45) is 11.7. The molecule has 0 bridgehead atoms. The number of nitrogens with one attached hydrogen (secondary N) is 1. The highest BCUT2D eigenvalue weighted by Gasteiger charge is 2.28. The van der Waals surface area contributed by atoms with Gasteiger partial charge in [0.25, 0.3) is 5.91 Å². The highest BCUT2D eigenvalue weighted by Crippen LogP contribution is 2.32. The van der Waals surface area contributed by atoms with E-state index in [2.05, 4.69) is 4.72 Å². The average Bonchev–Trinajstić information content (AvgIpc) is 2.80. The van der Waals surface area contributed by atoms with E-state index in [9.17, 15) is 4.79 Å². The molecular weight excluding hydrogens is 246 g/mol. The van der Waals surface area contributed by atoms with Crippen molar-refractivity contribution in [3.63, 3.8) is 0 Å². The number of carbonyl (C=O) groups is 1. The van der Waals surface area contributed by atoms with Crippen LogP contribution in [0, 0.1) is 11.8 Å². The Morgan fingerprint density at radius 3 is 2.44 bits per heavy atom. The van der Waals surface area contributed by atoms with Gasteiger partial charge in [0.05, 0.1) is 6.61 Å². The highest BCUT2D eigenvalue weighted by molar-refractivity contribution is 7.97. The topological polar surface area (TPSA) is 38.3 Å². The van der Waals surface area contributed by atoms with Crippen molar-refractivity contribution in [1.82, 2.24) is 4.72 Å². The lowest BCUT2D eigenvalue weighted by Crippen LogP contribution is -2.36. The number of hydrogen-bond donors (Lipinski definition) is 1. The van der Waals surface area contributed by atoms with E-state index < -0.39 is 0 Å². The fourth-order valence-corrected chi connectivity index (χ4v) is 3.21. The number of amides is 1. The van der Waals surface area contributed by atoms with Crippen LogP contribution in [-0.4, -0.2) is 24.9 Å². The van der Waals surface area contributed by atoms with Gasteiger partial charge in [-0.05, 0) is 31.1 Å². The maximum absolute atomic E-state index is 12.0. The summed E-state index contributed by atoms with van der Waals surface area (Å²) in [5.74, 6) is 1.47. The minimum absolute atomic E-state index is 0.0624. The quantitative estimate of drug-likeness (QED) is 0.723. The summed E-state index contributed by atoms with van der Waals surface area (Å²) in [4.78, 5) is 12.0. The summed E-state index contributed by atoms with van der Waals surface area (Å²) >= 11 is 1.37. The molecular formula is C14H25NO2S. The van der Waals surface area contributed by atoms with E-state index in [1.165, 1.54) is 56.9 Å². The van der Waals surface area contributed by atoms with Gasteiger partial charge in [0.2, 0.25) is 0 Å². The molecule has 2 saturated carbocycles. The Hall–Kier alpha value is -0.220. The summed E-state index contributed by atoms with van der Waals surface area (Å²) in [6, 6.07) is 0. The summed E-state index contributed by atoms with van der Waals surface area (Å²) in [5.41, 5.74) is 0. The molecule has 0 spiro atoms. The number of carbonyl (C=O) groups excluding carboxylic acids is 1. The van der Waals surface area contributed by atoms with Gasteiger partial charge >= 0.3 is 0 Å². The second-order valence-corrected chi connectivity index (χ2v) is 6.29. The van der Waals surface area contributed by atoms with E-state index >= 15 is 0 Å². The molecule has 2 rings (SSSR count). The van der Waals surface area contributed by atoms with E-state index in [-0.39, 0.29) is 12.0 Å². The molecule has 104 valence electrons. The maximum Gasteiger partial charge on any atom is 0.258 e. The second kappa shape index (κ2) is 7.39. The first-order valence-corrected chi connectivity index (χ1v) is 8.46. The van der Waals surface area contributed by atoms with Crippen molar-refractivity contribution in [1.29, 1.82) is 0 Å². The Morgan fingerprint density at radius 1 is 1.22 bits per heavy atom. The van der Waals surface area contributed by atoms with Crippen molar-refractivity contribution in [2.45, 2.75) is 57.5 Å². The van der Waals surface area contributed by atoms with Gasteiger partial charge in [-0.3, -0.25) is 9.52 Å². The Balaban J connectivity index is 1.76. The third kappa shape index (κ3) is 4.16. The normalized spacial score (nSPS) is 22.7. The third-order valence-corrected chi connectivity index (χ3v) is 4.68. The Kier molecular flexibility index (Phi) is 5.83. The fraction of sp³-hybridized carbons (Fsp3) is 0.929. The van der Waals surface area contributed by atoms with Crippen LogP contribution in [0.3, 0.4) is 0 Å². The standard InChI is InChI=1S/C14H25NO2S/c1-18-15-14(16)13(9-11-7-4-8-11)17-10-12-5-2-3-6-12/h11-13H,2-10H2,1H3,(H,15,16). The summed E-state index contributed by atoms with van der Waals surface area (Å²) in [7, 11) is 0. The summed E-state index contributed by atoms with van der Waals surface area (Å²) < 4.78 is 8.75. The van der Waals surface area contributed by atoms with E-state index in [4.69, 9.17) is 4.74 Å². The van der Waals surface area contributed by atoms with Gasteiger partial charge in [-0.15, -0.1) is 0 Å². The van der Waals surface area contributed by atoms with Gasteiger partial charge < -0.3 is 4.74 Å². The van der Waals surface area contributed by atoms with E-state index in [1.807, 2.05) is 6.26 Å². The van der Waals surface area contributed by atoms with Crippen LogP contribution in [0.4, 0.5) is 0 Å². The number of hydrogen-bond acceptors (Lipinski definition) is 3. The van der Waals surface area contributed by atoms with Gasteiger partial charge in [0, 0.05) is 6.26 Å². The van der Waals surface area contributed by atoms with Crippen LogP contribution in [0.15, 0.2) is 0 Å². The van der Waals surface area contributed by atoms with Crippen molar-refractivity contribution in [3.8, 4) is 0 Å². The summed E-state index contributed by atoms with van der Waals surface area (Å²) in [6.45, 7) is 0.777. The Morgan fingerprint density at radius 2 is 1.89 bits per heavy atom. The van der Waals surface area contributed by atoms with Gasteiger partial charge in [0.1, 0.15) is 6.10 Å². The molecule has 4 heteroatoms. The van der Waals surface area contributed by atoms with Crippen LogP contribution < -0.4 is 4.72 Å². The molecule has 0 aromatic rings. The molecule has 0 heterocycles. The fourth-order valence-electron chi connectivity index (χ4n) is 2.88. The predicted molar refractivity (Wildman–Crippen MR) is 75.3 cm³/mol. The zero-order chi connectivity index (χ0) is 12.8. The van der Waals surface area contributed by atoms with Crippen LogP contribution in [0.2, 0.25) is 0 Å². The van der Waals surface area contributed by atoms with Crippen LogP contribution in [0.5, 0.6) is 0 Å². The molecule has 1 unspecified atom stereocenters. The van der Waals surface area contributed by atoms with E-state index in [1.54, 1.807) is 0 Å². The largest absolute Gasteiger partial charge is 0.368 e. The van der Waals surface area contributed by atoms with Crippen molar-refractivity contribution >= 4 is 17.9 Å². The minimum atomic E-state index is -0.219. The first kappa shape index (κ1) is 14.2. The first-order valence-electron chi connectivity index (χ1n) is 7.24. The zero-order valence-corrected chi connectivity index (χ0v) is 12.1. The molecule has 1 atom stereocenters. The summed E-state index contributed by atoms with van der Waals surface area (Å²) in [5, 5.41) is 0. The molecule has 0 saturated heterocycles. The van der Waals surface area contributed by atoms with Crippen molar-refractivity contribution in [2.24, 2.45) is 11.8 Å². The van der Waals surface area contributed by atoms with Gasteiger partial charge in [0.15, 0.2) is 0 Å². The van der Waals surface area contributed by atoms with E-state index in [0.29, 0.717) is 11.8 Å². The minimum Gasteiger partial charge on any atom is -0.368 e. The third-order valence-electron chi connectivity index (χ3n) is 4.28. The highest BCUT2D eigenvalue weighted by atomic mass is 32.2. The van der Waals surface area contributed by atoms with Gasteiger partial charge in [-0.2, -0.15) is 0 Å². The van der Waals surface area contributed by atoms with Crippen molar-refractivity contribution in [2.75, 3.05) is 12.9 Å². The molecule has 0 aromatic carbocycles. The molecule has 3 nitrogen and oxygen atoms in total. The number of rotatable bonds is 7. The van der Waals surface area contributed by atoms with Crippen molar-refractivity contribution < 1.29 is 9.53 Å². The van der Waals surface area contributed by atoms with Crippen LogP contribution in [0.25, 0.3) is 0 Å². The SMILES string of the molecule is CSNC(=O)C(CC1CCC1)OCC1CCCC1. The predicted octanol–water partition coefficient (Wildman–Crippen LogP) is 3.15. The van der Waals surface area contributed by atoms with Crippen molar-refractivity contribution in [3.05, 3.63) is 0 Å². The smallest absolute Gasteiger partial charge is 0.258 e. The lowest BCUT2D eigenvalue weighted by molar-refractivity contribution is -0.133. The molecule has 2 fully saturated rings. The maximum atomic E-state index is 12.0. The number of ether oxygens (including phenoxy) is 1. The van der Waals surface area contributed by atoms with Crippen LogP contribution in [-0.2, 0) is 9.53 Å². The Labute approximate surface area is 115 Å². The monoisotopic (exact) mass is 271 g/mol. The molecule has 0 aromatic heterocycles.